The number of nitrogens with one attached hydrogen (secondary N) is 1. The second-order valence-electron chi connectivity index (χ2n) is 4.39. The highest BCUT2D eigenvalue weighted by molar-refractivity contribution is 7.89. The van der Waals surface area contributed by atoms with Crippen LogP contribution in [-0.4, -0.2) is 50.1 Å². The molecule has 2 N–H and O–H groups in total. The van der Waals surface area contributed by atoms with Gasteiger partial charge in [0.25, 0.3) is 0 Å². The fourth-order valence-electron chi connectivity index (χ4n) is 2.03. The Hall–Kier alpha value is -0.370. The van der Waals surface area contributed by atoms with E-state index in [2.05, 4.69) is 5.32 Å². The van der Waals surface area contributed by atoms with Crippen molar-refractivity contribution in [2.45, 2.75) is 17.0 Å². The minimum Gasteiger partial charge on any atom is -0.390 e. The van der Waals surface area contributed by atoms with E-state index in [1.807, 2.05) is 0 Å². The highest BCUT2D eigenvalue weighted by atomic mass is 35.5. The molecule has 1 fully saturated rings. The number of aliphatic hydroxyl groups is 1. The van der Waals surface area contributed by atoms with E-state index in [1.54, 1.807) is 0 Å². The number of sulfonamides is 1. The molecule has 2 atom stereocenters. The first kappa shape index (κ1) is 15.0. The van der Waals surface area contributed by atoms with Crippen molar-refractivity contribution >= 4 is 33.2 Å². The molecule has 5 nitrogen and oxygen atoms in total. The molecular formula is C11H14Cl2N2O3S. The molecule has 8 heteroatoms. The minimum absolute atomic E-state index is 0.0525. The van der Waals surface area contributed by atoms with Crippen LogP contribution in [0, 0.1) is 0 Å². The number of nitrogens with zero attached hydrogens (tertiary/aromatic N) is 1. The lowest BCUT2D eigenvalue weighted by molar-refractivity contribution is 0.136. The van der Waals surface area contributed by atoms with Crippen LogP contribution in [0.15, 0.2) is 23.1 Å². The smallest absolute Gasteiger partial charge is 0.244 e. The number of aliphatic hydroxyl groups excluding tert-OH is 1. The van der Waals surface area contributed by atoms with Crippen LogP contribution in [-0.2, 0) is 10.0 Å². The Bertz CT molecular complexity index is 579. The molecule has 1 aliphatic heterocycles. The van der Waals surface area contributed by atoms with Crippen molar-refractivity contribution in [1.29, 1.82) is 0 Å². The summed E-state index contributed by atoms with van der Waals surface area (Å²) in [5.41, 5.74) is 0. The molecule has 1 saturated heterocycles. The van der Waals surface area contributed by atoms with Gasteiger partial charge in [-0.3, -0.25) is 0 Å². The van der Waals surface area contributed by atoms with E-state index < -0.39 is 22.2 Å². The number of benzene rings is 1. The van der Waals surface area contributed by atoms with Crippen molar-refractivity contribution in [3.63, 3.8) is 0 Å². The monoisotopic (exact) mass is 324 g/mol. The Morgan fingerprint density at radius 3 is 2.63 bits per heavy atom. The van der Waals surface area contributed by atoms with Gasteiger partial charge in [0.2, 0.25) is 10.0 Å². The predicted molar refractivity (Wildman–Crippen MR) is 74.1 cm³/mol. The number of hydrogen-bond donors (Lipinski definition) is 2. The summed E-state index contributed by atoms with van der Waals surface area (Å²) in [6.07, 6.45) is -0.738. The summed E-state index contributed by atoms with van der Waals surface area (Å²) in [7, 11) is -2.37. The number of likely N-dealkylation sites (N-methyl/N-ethyl adjacent to an activating group) is 1. The maximum absolute atomic E-state index is 12.5. The van der Waals surface area contributed by atoms with Crippen LogP contribution in [0.1, 0.15) is 0 Å². The van der Waals surface area contributed by atoms with Gasteiger partial charge in [-0.05, 0) is 18.2 Å². The van der Waals surface area contributed by atoms with E-state index >= 15 is 0 Å². The van der Waals surface area contributed by atoms with Crippen molar-refractivity contribution in [2.75, 3.05) is 20.1 Å². The minimum atomic E-state index is -3.79. The third-order valence-corrected chi connectivity index (χ3v) is 5.77. The van der Waals surface area contributed by atoms with Crippen LogP contribution >= 0.6 is 23.2 Å². The van der Waals surface area contributed by atoms with Gasteiger partial charge < -0.3 is 10.4 Å². The normalized spacial score (nSPS) is 24.1. The average Bonchev–Trinajstić information content (AvgIpc) is 2.77. The number of rotatable bonds is 3. The van der Waals surface area contributed by atoms with Gasteiger partial charge in [0.1, 0.15) is 4.90 Å². The Balaban J connectivity index is 2.39. The SMILES string of the molecule is CN([C@@H]1CNC[C@H]1O)S(=O)(=O)c1cc(Cl)ccc1Cl. The summed E-state index contributed by atoms with van der Waals surface area (Å²) in [6.45, 7) is 0.767. The summed E-state index contributed by atoms with van der Waals surface area (Å²) >= 11 is 11.7. The first-order chi connectivity index (χ1) is 8.84. The first-order valence-electron chi connectivity index (χ1n) is 5.66. The molecule has 0 unspecified atom stereocenters. The summed E-state index contributed by atoms with van der Waals surface area (Å²) in [5, 5.41) is 13.1. The Morgan fingerprint density at radius 2 is 2.05 bits per heavy atom. The molecule has 19 heavy (non-hydrogen) atoms. The van der Waals surface area contributed by atoms with Gasteiger partial charge in [-0.2, -0.15) is 4.31 Å². The first-order valence-corrected chi connectivity index (χ1v) is 7.85. The zero-order valence-corrected chi connectivity index (χ0v) is 12.5. The molecule has 0 bridgehead atoms. The Labute approximate surface area is 122 Å². The van der Waals surface area contributed by atoms with Crippen LogP contribution in [0.4, 0.5) is 0 Å². The van der Waals surface area contributed by atoms with Crippen LogP contribution in [0.2, 0.25) is 10.0 Å². The molecule has 0 aliphatic carbocycles. The fourth-order valence-corrected chi connectivity index (χ4v) is 4.15. The standard InChI is InChI=1S/C11H14Cl2N2O3S/c1-15(9-5-14-6-10(9)16)19(17,18)11-4-7(12)2-3-8(11)13/h2-4,9-10,14,16H,5-6H2,1H3/t9-,10-/m1/s1. The van der Waals surface area contributed by atoms with Gasteiger partial charge in [0, 0.05) is 25.2 Å². The molecule has 0 spiro atoms. The highest BCUT2D eigenvalue weighted by Crippen LogP contribution is 2.28. The van der Waals surface area contributed by atoms with E-state index in [9.17, 15) is 13.5 Å². The van der Waals surface area contributed by atoms with Crippen LogP contribution in [0.5, 0.6) is 0 Å². The van der Waals surface area contributed by atoms with Gasteiger partial charge in [0.15, 0.2) is 0 Å². The highest BCUT2D eigenvalue weighted by Gasteiger charge is 2.36. The lowest BCUT2D eigenvalue weighted by atomic mass is 10.2. The summed E-state index contributed by atoms with van der Waals surface area (Å²) in [5.74, 6) is 0. The molecule has 1 aliphatic rings. The van der Waals surface area contributed by atoms with E-state index in [1.165, 1.54) is 25.2 Å². The molecule has 1 heterocycles. The third-order valence-electron chi connectivity index (χ3n) is 3.17. The second-order valence-corrected chi connectivity index (χ2v) is 7.20. The van der Waals surface area contributed by atoms with Crippen molar-refractivity contribution in [3.8, 4) is 0 Å². The number of halogens is 2. The van der Waals surface area contributed by atoms with Crippen molar-refractivity contribution in [2.24, 2.45) is 0 Å². The molecule has 0 amide bonds. The largest absolute Gasteiger partial charge is 0.390 e. The second kappa shape index (κ2) is 5.55. The fraction of sp³-hybridized carbons (Fsp3) is 0.455. The van der Waals surface area contributed by atoms with Gasteiger partial charge in [0.05, 0.1) is 17.2 Å². The predicted octanol–water partition coefficient (Wildman–Crippen LogP) is 0.947. The van der Waals surface area contributed by atoms with Crippen LogP contribution in [0.25, 0.3) is 0 Å². The van der Waals surface area contributed by atoms with Gasteiger partial charge in [-0.15, -0.1) is 0 Å². The molecule has 1 aromatic rings. The maximum atomic E-state index is 12.5. The molecule has 0 aromatic heterocycles. The lowest BCUT2D eigenvalue weighted by Crippen LogP contribution is -2.44. The third kappa shape index (κ3) is 2.89. The molecule has 2 rings (SSSR count). The van der Waals surface area contributed by atoms with Gasteiger partial charge >= 0.3 is 0 Å². The van der Waals surface area contributed by atoms with Crippen LogP contribution < -0.4 is 5.32 Å². The maximum Gasteiger partial charge on any atom is 0.244 e. The molecule has 0 radical (unpaired) electrons. The van der Waals surface area contributed by atoms with E-state index in [-0.39, 0.29) is 9.92 Å². The summed E-state index contributed by atoms with van der Waals surface area (Å²) in [4.78, 5) is -0.0525. The zero-order chi connectivity index (χ0) is 14.2. The lowest BCUT2D eigenvalue weighted by Gasteiger charge is -2.26. The van der Waals surface area contributed by atoms with E-state index in [0.29, 0.717) is 18.1 Å². The molecule has 106 valence electrons. The Kier molecular flexibility index (Phi) is 4.39. The van der Waals surface area contributed by atoms with Gasteiger partial charge in [-0.25, -0.2) is 8.42 Å². The van der Waals surface area contributed by atoms with E-state index in [4.69, 9.17) is 23.2 Å². The quantitative estimate of drug-likeness (QED) is 0.868. The van der Waals surface area contributed by atoms with Crippen molar-refractivity contribution < 1.29 is 13.5 Å². The number of hydrogen-bond acceptors (Lipinski definition) is 4. The Morgan fingerprint density at radius 1 is 1.37 bits per heavy atom. The number of β-amino-alcohol motifs (C(OH)–C–C–N with tert-alkyl or cyclic N) is 1. The summed E-state index contributed by atoms with van der Waals surface area (Å²) in [6, 6.07) is 3.76. The van der Waals surface area contributed by atoms with Crippen molar-refractivity contribution in [3.05, 3.63) is 28.2 Å². The summed E-state index contributed by atoms with van der Waals surface area (Å²) < 4.78 is 26.1. The zero-order valence-electron chi connectivity index (χ0n) is 10.2. The molecule has 0 saturated carbocycles. The van der Waals surface area contributed by atoms with Crippen molar-refractivity contribution in [1.82, 2.24) is 9.62 Å². The average molecular weight is 325 g/mol. The topological polar surface area (TPSA) is 69.6 Å². The van der Waals surface area contributed by atoms with E-state index in [0.717, 1.165) is 4.31 Å². The van der Waals surface area contributed by atoms with Gasteiger partial charge in [-0.1, -0.05) is 23.2 Å². The molecule has 1 aromatic carbocycles. The molecular weight excluding hydrogens is 311 g/mol. The van der Waals surface area contributed by atoms with Crippen LogP contribution in [0.3, 0.4) is 0 Å².